The summed E-state index contributed by atoms with van der Waals surface area (Å²) >= 11 is 0. The molecule has 27 heavy (non-hydrogen) atoms. The van der Waals surface area contributed by atoms with Gasteiger partial charge in [0.15, 0.2) is 0 Å². The first-order valence-electron chi connectivity index (χ1n) is 9.53. The Morgan fingerprint density at radius 2 is 1.26 bits per heavy atom. The quantitative estimate of drug-likeness (QED) is 0.365. The maximum atomic E-state index is 12.3. The van der Waals surface area contributed by atoms with Gasteiger partial charge < -0.3 is 9.16 Å². The van der Waals surface area contributed by atoms with Crippen LogP contribution in [0.5, 0.6) is 5.75 Å². The topological polar surface area (TPSA) is 77.3 Å². The highest BCUT2D eigenvalue weighted by atomic mass is 28.4. The van der Waals surface area contributed by atoms with Crippen LogP contribution in [0.2, 0.25) is 18.1 Å². The Bertz CT molecular complexity index is 604. The van der Waals surface area contributed by atoms with Crippen LogP contribution in [0.3, 0.4) is 0 Å². The van der Waals surface area contributed by atoms with Crippen LogP contribution in [0.15, 0.2) is 40.6 Å². The number of hydrogen-bond acceptors (Lipinski definition) is 4. The van der Waals surface area contributed by atoms with E-state index in [1.165, 1.54) is 0 Å². The van der Waals surface area contributed by atoms with E-state index in [2.05, 4.69) is 51.8 Å². The predicted molar refractivity (Wildman–Crippen MR) is 108 cm³/mol. The van der Waals surface area contributed by atoms with Crippen molar-refractivity contribution in [3.8, 4) is 5.75 Å². The van der Waals surface area contributed by atoms with E-state index in [0.29, 0.717) is 23.5 Å². The van der Waals surface area contributed by atoms with Crippen molar-refractivity contribution in [1.29, 1.82) is 0 Å². The Hall–Kier alpha value is -2.02. The van der Waals surface area contributed by atoms with Crippen molar-refractivity contribution < 1.29 is 18.8 Å². The Labute approximate surface area is 163 Å². The van der Waals surface area contributed by atoms with E-state index in [4.69, 9.17) is 9.16 Å². The number of para-hydroxylation sites is 1. The van der Waals surface area contributed by atoms with Gasteiger partial charge in [0.2, 0.25) is 0 Å². The second kappa shape index (κ2) is 11.0. The Morgan fingerprint density at radius 3 is 1.70 bits per heavy atom. The Kier molecular flexibility index (Phi) is 9.35. The molecule has 0 aliphatic heterocycles. The molecule has 0 atom stereocenters. The number of ether oxygens (including phenoxy) is 1. The Morgan fingerprint density at radius 1 is 0.815 bits per heavy atom. The highest BCUT2D eigenvalue weighted by Crippen LogP contribution is 2.33. The number of carbonyl (C=O) groups is 2. The van der Waals surface area contributed by atoms with Crippen molar-refractivity contribution in [3.05, 3.63) is 30.3 Å². The van der Waals surface area contributed by atoms with E-state index in [-0.39, 0.29) is 0 Å². The van der Waals surface area contributed by atoms with E-state index in [1.807, 2.05) is 0 Å². The lowest BCUT2D eigenvalue weighted by atomic mass is 10.2. The fourth-order valence-corrected chi connectivity index (χ4v) is 9.13. The molecule has 0 aliphatic carbocycles. The highest BCUT2D eigenvalue weighted by molar-refractivity contribution is 6.75. The van der Waals surface area contributed by atoms with Gasteiger partial charge in [-0.15, -0.1) is 0 Å². The summed E-state index contributed by atoms with van der Waals surface area (Å²) in [5.41, 5.74) is 0. The number of hydrogen-bond donors (Lipinski definition) is 0. The summed E-state index contributed by atoms with van der Waals surface area (Å²) in [5, 5.41) is 6.80. The number of carbonyl (C=O) groups excluding carboxylic acids is 2. The van der Waals surface area contributed by atoms with Crippen molar-refractivity contribution >= 4 is 20.5 Å². The average Bonchev–Trinajstić information content (AvgIpc) is 2.51. The lowest BCUT2D eigenvalue weighted by Gasteiger charge is -2.34. The summed E-state index contributed by atoms with van der Waals surface area (Å²) in [5.74, 6) is 1.60. The molecule has 2 amide bonds. The minimum atomic E-state index is -2.35. The molecule has 0 N–H and O–H groups in total. The largest absolute Gasteiger partial charge is 0.501 e. The van der Waals surface area contributed by atoms with Gasteiger partial charge in [-0.3, -0.25) is 0 Å². The van der Waals surface area contributed by atoms with Gasteiger partial charge in [0, 0.05) is 0 Å². The van der Waals surface area contributed by atoms with Gasteiger partial charge in [0.1, 0.15) is 5.75 Å². The van der Waals surface area contributed by atoms with Crippen LogP contribution in [0.25, 0.3) is 0 Å². The number of rotatable bonds is 8. The molecule has 0 unspecified atom stereocenters. The maximum absolute atomic E-state index is 12.3. The van der Waals surface area contributed by atoms with Crippen molar-refractivity contribution in [1.82, 2.24) is 0 Å². The van der Waals surface area contributed by atoms with Gasteiger partial charge in [-0.05, 0) is 48.0 Å². The normalized spacial score (nSPS) is 12.2. The van der Waals surface area contributed by atoms with Crippen LogP contribution >= 0.6 is 0 Å². The fourth-order valence-electron chi connectivity index (χ4n) is 3.50. The molecular weight excluding hydrogens is 360 g/mol. The molecule has 0 bridgehead atoms. The molecule has 0 fully saturated rings. The summed E-state index contributed by atoms with van der Waals surface area (Å²) in [6.45, 7) is 12.8. The molecule has 0 saturated carbocycles. The fraction of sp³-hybridized carbons (Fsp3) is 0.600. The van der Waals surface area contributed by atoms with E-state index in [1.54, 1.807) is 30.3 Å². The smallest absolute Gasteiger partial charge is 0.458 e. The van der Waals surface area contributed by atoms with Crippen molar-refractivity contribution in [2.75, 3.05) is 0 Å². The number of azo groups is 1. The molecule has 0 heterocycles. The molecule has 0 aliphatic rings. The first-order valence-corrected chi connectivity index (χ1v) is 12.1. The van der Waals surface area contributed by atoms with Crippen molar-refractivity contribution in [2.45, 2.75) is 59.7 Å². The zero-order valence-corrected chi connectivity index (χ0v) is 18.3. The molecule has 1 aromatic rings. The number of amides is 2. The lowest BCUT2D eigenvalue weighted by Crippen LogP contribution is -2.43. The standard InChI is InChI=1S/C20H32N2O4Si/c1-15(2)12-27(13-16(3)4,14-17(5)6)26-20(24)22-21-19(23)25-18-10-8-7-9-11-18/h7-11,15-17H,12-14H2,1-6H3. The van der Waals surface area contributed by atoms with Crippen LogP contribution < -0.4 is 4.74 Å². The molecule has 150 valence electrons. The highest BCUT2D eigenvalue weighted by Gasteiger charge is 2.40. The lowest BCUT2D eigenvalue weighted by molar-refractivity contribution is 0.197. The molecule has 0 radical (unpaired) electrons. The monoisotopic (exact) mass is 392 g/mol. The second-order valence-electron chi connectivity index (χ2n) is 8.23. The van der Waals surface area contributed by atoms with Crippen LogP contribution in [-0.4, -0.2) is 20.5 Å². The molecule has 0 aromatic heterocycles. The summed E-state index contributed by atoms with van der Waals surface area (Å²) < 4.78 is 10.9. The zero-order chi connectivity index (χ0) is 20.4. The van der Waals surface area contributed by atoms with Gasteiger partial charge in [0.05, 0.1) is 0 Å². The van der Waals surface area contributed by atoms with Gasteiger partial charge in [0.25, 0.3) is 8.32 Å². The SMILES string of the molecule is CC(C)C[Si](CC(C)C)(CC(C)C)OC(=O)N=NC(=O)Oc1ccccc1. The molecule has 0 saturated heterocycles. The van der Waals surface area contributed by atoms with Gasteiger partial charge in [-0.1, -0.05) is 70.0 Å². The maximum Gasteiger partial charge on any atom is 0.458 e. The Balaban J connectivity index is 2.82. The third kappa shape index (κ3) is 9.47. The molecule has 1 aromatic carbocycles. The minimum absolute atomic E-state index is 0.345. The summed E-state index contributed by atoms with van der Waals surface area (Å²) in [4.78, 5) is 24.0. The van der Waals surface area contributed by atoms with E-state index < -0.39 is 20.5 Å². The van der Waals surface area contributed by atoms with E-state index >= 15 is 0 Å². The summed E-state index contributed by atoms with van der Waals surface area (Å²) in [6, 6.07) is 11.1. The van der Waals surface area contributed by atoms with E-state index in [9.17, 15) is 9.59 Å². The van der Waals surface area contributed by atoms with Gasteiger partial charge in [-0.2, -0.15) is 0 Å². The molecule has 0 spiro atoms. The number of nitrogens with zero attached hydrogens (tertiary/aromatic N) is 2. The summed E-state index contributed by atoms with van der Waals surface area (Å²) in [6.07, 6.45) is -1.74. The molecule has 7 heteroatoms. The van der Waals surface area contributed by atoms with Crippen LogP contribution in [0.1, 0.15) is 41.5 Å². The second-order valence-corrected chi connectivity index (χ2v) is 12.0. The van der Waals surface area contributed by atoms with Gasteiger partial charge in [-0.25, -0.2) is 9.59 Å². The molecule has 1 rings (SSSR count). The van der Waals surface area contributed by atoms with Crippen LogP contribution in [-0.2, 0) is 4.43 Å². The zero-order valence-electron chi connectivity index (χ0n) is 17.3. The number of benzene rings is 1. The van der Waals surface area contributed by atoms with Gasteiger partial charge >= 0.3 is 12.2 Å². The van der Waals surface area contributed by atoms with Crippen LogP contribution in [0, 0.1) is 17.8 Å². The van der Waals surface area contributed by atoms with Crippen LogP contribution in [0.4, 0.5) is 9.59 Å². The first-order chi connectivity index (χ1) is 12.6. The predicted octanol–water partition coefficient (Wildman–Crippen LogP) is 6.69. The minimum Gasteiger partial charge on any atom is -0.501 e. The average molecular weight is 393 g/mol. The first kappa shape index (κ1) is 23.0. The third-order valence-corrected chi connectivity index (χ3v) is 9.10. The van der Waals surface area contributed by atoms with Crippen molar-refractivity contribution in [3.63, 3.8) is 0 Å². The molecular formula is C20H32N2O4Si. The summed E-state index contributed by atoms with van der Waals surface area (Å²) in [7, 11) is -2.35. The van der Waals surface area contributed by atoms with Crippen molar-refractivity contribution in [2.24, 2.45) is 28.0 Å². The molecule has 6 nitrogen and oxygen atoms in total. The van der Waals surface area contributed by atoms with E-state index in [0.717, 1.165) is 18.1 Å². The third-order valence-electron chi connectivity index (χ3n) is 3.81.